The number of halogens is 1. The Morgan fingerprint density at radius 1 is 1.05 bits per heavy atom. The zero-order chi connectivity index (χ0) is 14.9. The quantitative estimate of drug-likeness (QED) is 0.910. The third-order valence-electron chi connectivity index (χ3n) is 4.18. The van der Waals surface area contributed by atoms with Crippen molar-refractivity contribution >= 4 is 0 Å². The van der Waals surface area contributed by atoms with Gasteiger partial charge in [-0.3, -0.25) is 0 Å². The molecule has 2 aromatic rings. The number of benzene rings is 2. The van der Waals surface area contributed by atoms with Crippen LogP contribution in [0.2, 0.25) is 0 Å². The van der Waals surface area contributed by atoms with Crippen molar-refractivity contribution in [1.29, 1.82) is 0 Å². The Hall–Kier alpha value is -1.71. The molecule has 1 aliphatic rings. The Kier molecular flexibility index (Phi) is 3.79. The van der Waals surface area contributed by atoms with Crippen LogP contribution < -0.4 is 0 Å². The molecule has 0 aromatic heterocycles. The van der Waals surface area contributed by atoms with Gasteiger partial charge in [0.15, 0.2) is 0 Å². The summed E-state index contributed by atoms with van der Waals surface area (Å²) in [4.78, 5) is 0. The molecule has 0 unspecified atom stereocenters. The second-order valence-corrected chi connectivity index (χ2v) is 5.67. The summed E-state index contributed by atoms with van der Waals surface area (Å²) in [6, 6.07) is 12.7. The Morgan fingerprint density at radius 2 is 1.71 bits per heavy atom. The minimum absolute atomic E-state index is 0.295. The lowest BCUT2D eigenvalue weighted by Gasteiger charge is -2.34. The first-order valence-electron chi connectivity index (χ1n) is 7.26. The van der Waals surface area contributed by atoms with Crippen molar-refractivity contribution in [1.82, 2.24) is 0 Å². The Bertz CT molecular complexity index is 628. The molecule has 0 aliphatic carbocycles. The van der Waals surface area contributed by atoms with Gasteiger partial charge in [0.25, 0.3) is 0 Å². The van der Waals surface area contributed by atoms with E-state index in [1.54, 1.807) is 6.07 Å². The van der Waals surface area contributed by atoms with Gasteiger partial charge in [-0.2, -0.15) is 0 Å². The fourth-order valence-electron chi connectivity index (χ4n) is 2.90. The highest BCUT2D eigenvalue weighted by atomic mass is 19.1. The van der Waals surface area contributed by atoms with Crippen LogP contribution in [0, 0.1) is 12.7 Å². The van der Waals surface area contributed by atoms with Gasteiger partial charge >= 0.3 is 0 Å². The minimum atomic E-state index is -1.01. The number of aryl methyl sites for hydroxylation is 1. The molecule has 0 saturated carbocycles. The lowest BCUT2D eigenvalue weighted by Crippen LogP contribution is -2.34. The molecule has 21 heavy (non-hydrogen) atoms. The molecule has 0 atom stereocenters. The first kappa shape index (κ1) is 14.2. The molecule has 1 fully saturated rings. The summed E-state index contributed by atoms with van der Waals surface area (Å²) in [5.74, 6) is -0.295. The smallest absolute Gasteiger partial charge is 0.131 e. The molecule has 110 valence electrons. The van der Waals surface area contributed by atoms with Crippen LogP contribution in [0.1, 0.15) is 24.0 Å². The topological polar surface area (TPSA) is 29.5 Å². The molecule has 1 heterocycles. The molecular formula is C18H19FO2. The highest BCUT2D eigenvalue weighted by Crippen LogP contribution is 2.39. The van der Waals surface area contributed by atoms with Gasteiger partial charge in [-0.15, -0.1) is 0 Å². The molecule has 0 bridgehead atoms. The second kappa shape index (κ2) is 5.58. The van der Waals surface area contributed by atoms with E-state index in [4.69, 9.17) is 4.74 Å². The summed E-state index contributed by atoms with van der Waals surface area (Å²) >= 11 is 0. The molecule has 1 aliphatic heterocycles. The van der Waals surface area contributed by atoms with Gasteiger partial charge in [-0.05, 0) is 24.1 Å². The lowest BCUT2D eigenvalue weighted by atomic mass is 9.81. The van der Waals surface area contributed by atoms with Crippen molar-refractivity contribution in [2.24, 2.45) is 0 Å². The van der Waals surface area contributed by atoms with Gasteiger partial charge in [0.2, 0.25) is 0 Å². The van der Waals surface area contributed by atoms with E-state index in [1.807, 2.05) is 37.3 Å². The van der Waals surface area contributed by atoms with Crippen molar-refractivity contribution in [2.75, 3.05) is 13.2 Å². The standard InChI is InChI=1S/C18H19FO2/c1-13-5-7-14(8-6-13)17-15(3-2-4-16(17)19)18(20)9-11-21-12-10-18/h2-8,20H,9-12H2,1H3. The van der Waals surface area contributed by atoms with E-state index in [9.17, 15) is 9.50 Å². The van der Waals surface area contributed by atoms with E-state index < -0.39 is 5.60 Å². The monoisotopic (exact) mass is 286 g/mol. The first-order valence-corrected chi connectivity index (χ1v) is 7.26. The molecule has 0 radical (unpaired) electrons. The molecule has 3 rings (SSSR count). The van der Waals surface area contributed by atoms with E-state index in [0.29, 0.717) is 37.2 Å². The molecule has 2 nitrogen and oxygen atoms in total. The second-order valence-electron chi connectivity index (χ2n) is 5.67. The molecular weight excluding hydrogens is 267 g/mol. The van der Waals surface area contributed by atoms with Crippen molar-refractivity contribution in [3.05, 3.63) is 59.4 Å². The van der Waals surface area contributed by atoms with Crippen molar-refractivity contribution in [3.8, 4) is 11.1 Å². The summed E-state index contributed by atoms with van der Waals surface area (Å²) < 4.78 is 19.7. The normalized spacial score (nSPS) is 17.7. The number of hydrogen-bond acceptors (Lipinski definition) is 2. The van der Waals surface area contributed by atoms with Gasteiger partial charge in [0.05, 0.1) is 5.60 Å². The maximum atomic E-state index is 14.4. The van der Waals surface area contributed by atoms with Crippen LogP contribution in [-0.4, -0.2) is 18.3 Å². The van der Waals surface area contributed by atoms with Gasteiger partial charge < -0.3 is 9.84 Å². The SMILES string of the molecule is Cc1ccc(-c2c(F)cccc2C2(O)CCOCC2)cc1. The van der Waals surface area contributed by atoms with E-state index in [-0.39, 0.29) is 5.82 Å². The molecule has 2 aromatic carbocycles. The number of hydrogen-bond donors (Lipinski definition) is 1. The third-order valence-corrected chi connectivity index (χ3v) is 4.18. The van der Waals surface area contributed by atoms with Crippen molar-refractivity contribution in [2.45, 2.75) is 25.4 Å². The Labute approximate surface area is 124 Å². The van der Waals surface area contributed by atoms with Gasteiger partial charge in [0.1, 0.15) is 5.82 Å². The van der Waals surface area contributed by atoms with Crippen molar-refractivity contribution < 1.29 is 14.2 Å². The minimum Gasteiger partial charge on any atom is -0.385 e. The average molecular weight is 286 g/mol. The summed E-state index contributed by atoms with van der Waals surface area (Å²) in [5, 5.41) is 10.9. The van der Waals surface area contributed by atoms with Gasteiger partial charge in [-0.25, -0.2) is 4.39 Å². The number of ether oxygens (including phenoxy) is 1. The predicted molar refractivity (Wildman–Crippen MR) is 80.5 cm³/mol. The lowest BCUT2D eigenvalue weighted by molar-refractivity contribution is -0.0676. The maximum Gasteiger partial charge on any atom is 0.131 e. The van der Waals surface area contributed by atoms with Gasteiger partial charge in [0, 0.05) is 31.6 Å². The van der Waals surface area contributed by atoms with Crippen LogP contribution >= 0.6 is 0 Å². The predicted octanol–water partition coefficient (Wildman–Crippen LogP) is 3.80. The van der Waals surface area contributed by atoms with E-state index in [0.717, 1.165) is 11.1 Å². The largest absolute Gasteiger partial charge is 0.385 e. The number of rotatable bonds is 2. The first-order chi connectivity index (χ1) is 10.1. The van der Waals surface area contributed by atoms with Crippen LogP contribution in [-0.2, 0) is 10.3 Å². The van der Waals surface area contributed by atoms with Crippen LogP contribution in [0.4, 0.5) is 4.39 Å². The molecule has 1 N–H and O–H groups in total. The van der Waals surface area contributed by atoms with E-state index >= 15 is 0 Å². The summed E-state index contributed by atoms with van der Waals surface area (Å²) in [6.45, 7) is 3.00. The molecule has 3 heteroatoms. The van der Waals surface area contributed by atoms with E-state index in [2.05, 4.69) is 0 Å². The molecule has 0 spiro atoms. The Morgan fingerprint density at radius 3 is 2.38 bits per heavy atom. The summed E-state index contributed by atoms with van der Waals surface area (Å²) in [7, 11) is 0. The highest BCUT2D eigenvalue weighted by Gasteiger charge is 2.34. The fraction of sp³-hybridized carbons (Fsp3) is 0.333. The third kappa shape index (κ3) is 2.71. The molecule has 0 amide bonds. The zero-order valence-electron chi connectivity index (χ0n) is 12.1. The average Bonchev–Trinajstić information content (AvgIpc) is 2.49. The van der Waals surface area contributed by atoms with Crippen molar-refractivity contribution in [3.63, 3.8) is 0 Å². The van der Waals surface area contributed by atoms with Crippen LogP contribution in [0.25, 0.3) is 11.1 Å². The Balaban J connectivity index is 2.13. The van der Waals surface area contributed by atoms with Crippen LogP contribution in [0.3, 0.4) is 0 Å². The summed E-state index contributed by atoms with van der Waals surface area (Å²) in [5.41, 5.74) is 2.08. The van der Waals surface area contributed by atoms with E-state index in [1.165, 1.54) is 6.07 Å². The highest BCUT2D eigenvalue weighted by molar-refractivity contribution is 5.69. The maximum absolute atomic E-state index is 14.4. The fourth-order valence-corrected chi connectivity index (χ4v) is 2.90. The van der Waals surface area contributed by atoms with Gasteiger partial charge in [-0.1, -0.05) is 42.0 Å². The summed E-state index contributed by atoms with van der Waals surface area (Å²) in [6.07, 6.45) is 0.991. The van der Waals surface area contributed by atoms with Crippen LogP contribution in [0.15, 0.2) is 42.5 Å². The zero-order valence-corrected chi connectivity index (χ0v) is 12.1. The van der Waals surface area contributed by atoms with Crippen LogP contribution in [0.5, 0.6) is 0 Å². The number of aliphatic hydroxyl groups is 1. The molecule has 1 saturated heterocycles.